The van der Waals surface area contributed by atoms with Crippen molar-refractivity contribution in [2.24, 2.45) is 5.92 Å². The summed E-state index contributed by atoms with van der Waals surface area (Å²) in [7, 11) is 1.34. The van der Waals surface area contributed by atoms with Crippen molar-refractivity contribution in [2.45, 2.75) is 13.8 Å². The number of anilines is 1. The first-order valence-electron chi connectivity index (χ1n) is 7.03. The lowest BCUT2D eigenvalue weighted by atomic mass is 10.1. The third-order valence-corrected chi connectivity index (χ3v) is 4.27. The van der Waals surface area contributed by atoms with Crippen LogP contribution in [0.4, 0.5) is 5.69 Å². The van der Waals surface area contributed by atoms with Gasteiger partial charge in [-0.15, -0.1) is 0 Å². The van der Waals surface area contributed by atoms with Crippen LogP contribution in [-0.4, -0.2) is 43.5 Å². The molecule has 0 aliphatic carbocycles. The number of nitrogens with one attached hydrogen (secondary N) is 1. The molecule has 0 aromatic heterocycles. The molecule has 0 saturated heterocycles. The topological polar surface area (TPSA) is 58.6 Å². The van der Waals surface area contributed by atoms with Gasteiger partial charge in [-0.05, 0) is 18.7 Å². The van der Waals surface area contributed by atoms with Crippen molar-refractivity contribution in [3.8, 4) is 0 Å². The predicted octanol–water partition coefficient (Wildman–Crippen LogP) is 3.72. The predicted molar refractivity (Wildman–Crippen MR) is 93.4 cm³/mol. The molecule has 1 aromatic rings. The summed E-state index contributed by atoms with van der Waals surface area (Å²) in [5.41, 5.74) is 0.392. The highest BCUT2D eigenvalue weighted by Gasteiger charge is 2.19. The van der Waals surface area contributed by atoms with Gasteiger partial charge in [0.25, 0.3) is 0 Å². The number of halogens is 3. The van der Waals surface area contributed by atoms with Crippen molar-refractivity contribution < 1.29 is 14.3 Å². The number of likely N-dealkylation sites (N-methyl/N-ethyl adjacent to an activating group) is 1. The maximum absolute atomic E-state index is 12.1. The van der Waals surface area contributed by atoms with Crippen LogP contribution in [0.2, 0.25) is 15.1 Å². The van der Waals surface area contributed by atoms with Gasteiger partial charge in [-0.3, -0.25) is 14.5 Å². The number of carbonyl (C=O) groups excluding carboxylic acids is 2. The summed E-state index contributed by atoms with van der Waals surface area (Å²) in [6.45, 7) is 4.82. The Morgan fingerprint density at radius 3 is 2.39 bits per heavy atom. The lowest BCUT2D eigenvalue weighted by Gasteiger charge is -2.22. The average molecular weight is 382 g/mol. The maximum Gasteiger partial charge on any atom is 0.309 e. The lowest BCUT2D eigenvalue weighted by molar-refractivity contribution is -0.145. The SMILES string of the molecule is CCN(CC(=O)Nc1cc(Cl)c(Cl)cc1Cl)CC(C)C(=O)OC. The van der Waals surface area contributed by atoms with Crippen LogP contribution in [0.5, 0.6) is 0 Å². The molecule has 1 aromatic carbocycles. The van der Waals surface area contributed by atoms with Crippen LogP contribution in [0.1, 0.15) is 13.8 Å². The number of rotatable bonds is 7. The van der Waals surface area contributed by atoms with E-state index in [9.17, 15) is 9.59 Å². The first-order chi connectivity index (χ1) is 10.8. The quantitative estimate of drug-likeness (QED) is 0.578. The van der Waals surface area contributed by atoms with Crippen molar-refractivity contribution in [1.82, 2.24) is 4.90 Å². The van der Waals surface area contributed by atoms with Crippen molar-refractivity contribution in [2.75, 3.05) is 32.1 Å². The van der Waals surface area contributed by atoms with Crippen LogP contribution in [-0.2, 0) is 14.3 Å². The van der Waals surface area contributed by atoms with E-state index in [2.05, 4.69) is 10.1 Å². The van der Waals surface area contributed by atoms with E-state index >= 15 is 0 Å². The van der Waals surface area contributed by atoms with Gasteiger partial charge in [0.05, 0.1) is 40.3 Å². The van der Waals surface area contributed by atoms with E-state index in [-0.39, 0.29) is 24.3 Å². The summed E-state index contributed by atoms with van der Waals surface area (Å²) < 4.78 is 4.69. The van der Waals surface area contributed by atoms with E-state index in [0.717, 1.165) is 0 Å². The molecular formula is C15H19Cl3N2O3. The van der Waals surface area contributed by atoms with Gasteiger partial charge in [0.1, 0.15) is 0 Å². The van der Waals surface area contributed by atoms with Crippen LogP contribution < -0.4 is 5.32 Å². The molecule has 5 nitrogen and oxygen atoms in total. The molecule has 1 atom stereocenters. The number of nitrogens with zero attached hydrogens (tertiary/aromatic N) is 1. The molecule has 128 valence electrons. The molecule has 0 saturated carbocycles. The summed E-state index contributed by atoms with van der Waals surface area (Å²) in [5.74, 6) is -0.887. The Kier molecular flexibility index (Phi) is 8.12. The first-order valence-corrected chi connectivity index (χ1v) is 8.16. The molecule has 1 N–H and O–H groups in total. The zero-order valence-electron chi connectivity index (χ0n) is 13.2. The molecule has 0 heterocycles. The highest BCUT2D eigenvalue weighted by molar-refractivity contribution is 6.44. The molecule has 1 amide bonds. The highest BCUT2D eigenvalue weighted by Crippen LogP contribution is 2.32. The van der Waals surface area contributed by atoms with Crippen LogP contribution in [0.15, 0.2) is 12.1 Å². The van der Waals surface area contributed by atoms with Gasteiger partial charge in [0, 0.05) is 6.54 Å². The largest absolute Gasteiger partial charge is 0.469 e. The molecule has 23 heavy (non-hydrogen) atoms. The van der Waals surface area contributed by atoms with E-state index in [1.54, 1.807) is 6.92 Å². The van der Waals surface area contributed by atoms with E-state index in [1.165, 1.54) is 19.2 Å². The van der Waals surface area contributed by atoms with Crippen molar-refractivity contribution in [1.29, 1.82) is 0 Å². The second-order valence-electron chi connectivity index (χ2n) is 5.05. The van der Waals surface area contributed by atoms with Gasteiger partial charge in [-0.2, -0.15) is 0 Å². The Hall–Kier alpha value is -1.01. The smallest absolute Gasteiger partial charge is 0.309 e. The summed E-state index contributed by atoms with van der Waals surface area (Å²) in [6.07, 6.45) is 0. The Balaban J connectivity index is 2.67. The number of ether oxygens (including phenoxy) is 1. The monoisotopic (exact) mass is 380 g/mol. The highest BCUT2D eigenvalue weighted by atomic mass is 35.5. The molecule has 0 fully saturated rings. The zero-order chi connectivity index (χ0) is 17.6. The molecule has 8 heteroatoms. The van der Waals surface area contributed by atoms with Gasteiger partial charge >= 0.3 is 5.97 Å². The summed E-state index contributed by atoms with van der Waals surface area (Å²) in [4.78, 5) is 25.4. The molecule has 0 aliphatic heterocycles. The molecule has 0 spiro atoms. The Morgan fingerprint density at radius 1 is 1.22 bits per heavy atom. The van der Waals surface area contributed by atoms with Gasteiger partial charge in [-0.1, -0.05) is 48.7 Å². The first kappa shape index (κ1) is 20.0. The zero-order valence-corrected chi connectivity index (χ0v) is 15.4. The van der Waals surface area contributed by atoms with Crippen LogP contribution in [0.3, 0.4) is 0 Å². The second kappa shape index (κ2) is 9.33. The van der Waals surface area contributed by atoms with Gasteiger partial charge in [0.15, 0.2) is 0 Å². The van der Waals surface area contributed by atoms with E-state index in [4.69, 9.17) is 34.8 Å². The van der Waals surface area contributed by atoms with Crippen molar-refractivity contribution in [3.05, 3.63) is 27.2 Å². The lowest BCUT2D eigenvalue weighted by Crippen LogP contribution is -2.38. The third kappa shape index (κ3) is 6.18. The fourth-order valence-electron chi connectivity index (χ4n) is 1.98. The number of carbonyl (C=O) groups is 2. The fourth-order valence-corrected chi connectivity index (χ4v) is 2.57. The molecular weight excluding hydrogens is 363 g/mol. The van der Waals surface area contributed by atoms with E-state index < -0.39 is 0 Å². The maximum atomic E-state index is 12.1. The van der Waals surface area contributed by atoms with Crippen molar-refractivity contribution >= 4 is 52.4 Å². The third-order valence-electron chi connectivity index (χ3n) is 3.23. The standard InChI is InChI=1S/C15H19Cl3N2O3/c1-4-20(7-9(2)15(22)23-3)8-14(21)19-13-6-11(17)10(16)5-12(13)18/h5-6,9H,4,7-8H2,1-3H3,(H,19,21). The summed E-state index contributed by atoms with van der Waals surface area (Å²) in [6, 6.07) is 2.97. The average Bonchev–Trinajstić information content (AvgIpc) is 2.50. The minimum atomic E-state index is -0.318. The molecule has 0 radical (unpaired) electrons. The van der Waals surface area contributed by atoms with E-state index in [0.29, 0.717) is 33.8 Å². The second-order valence-corrected chi connectivity index (χ2v) is 6.27. The summed E-state index contributed by atoms with van der Waals surface area (Å²) in [5, 5.41) is 3.61. The molecule has 0 bridgehead atoms. The van der Waals surface area contributed by atoms with Gasteiger partial charge < -0.3 is 10.1 Å². The number of methoxy groups -OCH3 is 1. The minimum absolute atomic E-state index is 0.119. The van der Waals surface area contributed by atoms with Gasteiger partial charge in [-0.25, -0.2) is 0 Å². The number of hydrogen-bond donors (Lipinski definition) is 1. The summed E-state index contributed by atoms with van der Waals surface area (Å²) >= 11 is 17.8. The molecule has 1 rings (SSSR count). The number of esters is 1. The van der Waals surface area contributed by atoms with Crippen molar-refractivity contribution in [3.63, 3.8) is 0 Å². The number of amides is 1. The van der Waals surface area contributed by atoms with Crippen LogP contribution in [0.25, 0.3) is 0 Å². The normalized spacial score (nSPS) is 12.1. The number of benzene rings is 1. The molecule has 1 unspecified atom stereocenters. The van der Waals surface area contributed by atoms with Crippen LogP contribution >= 0.6 is 34.8 Å². The molecule has 0 aliphatic rings. The number of hydrogen-bond acceptors (Lipinski definition) is 4. The van der Waals surface area contributed by atoms with Crippen LogP contribution in [0, 0.1) is 5.92 Å². The Bertz CT molecular complexity index is 581. The Morgan fingerprint density at radius 2 is 1.83 bits per heavy atom. The minimum Gasteiger partial charge on any atom is -0.469 e. The Labute approximate surface area is 150 Å². The van der Waals surface area contributed by atoms with Gasteiger partial charge in [0.2, 0.25) is 5.91 Å². The van der Waals surface area contributed by atoms with E-state index in [1.807, 2.05) is 11.8 Å². The fraction of sp³-hybridized carbons (Fsp3) is 0.467.